The lowest BCUT2D eigenvalue weighted by Crippen LogP contribution is -2.42. The summed E-state index contributed by atoms with van der Waals surface area (Å²) in [7, 11) is 1.64. The van der Waals surface area contributed by atoms with E-state index in [0.29, 0.717) is 30.5 Å². The first kappa shape index (κ1) is 21.3. The third-order valence-corrected chi connectivity index (χ3v) is 5.36. The summed E-state index contributed by atoms with van der Waals surface area (Å²) in [5.74, 6) is 2.08. The molecule has 2 fully saturated rings. The van der Waals surface area contributed by atoms with Gasteiger partial charge in [0.1, 0.15) is 12.7 Å². The van der Waals surface area contributed by atoms with E-state index in [1.807, 2.05) is 18.2 Å². The summed E-state index contributed by atoms with van der Waals surface area (Å²) in [4.78, 5) is 2.20. The number of hydrogen-bond donors (Lipinski definition) is 2. The van der Waals surface area contributed by atoms with Crippen LogP contribution in [0.4, 0.5) is 0 Å². The minimum Gasteiger partial charge on any atom is -0.493 e. The van der Waals surface area contributed by atoms with Crippen LogP contribution < -0.4 is 14.8 Å². The molecule has 0 bridgehead atoms. The summed E-state index contributed by atoms with van der Waals surface area (Å²) >= 11 is 0. The highest BCUT2D eigenvalue weighted by Gasteiger charge is 2.18. The van der Waals surface area contributed by atoms with Crippen LogP contribution in [-0.4, -0.2) is 82.4 Å². The van der Waals surface area contributed by atoms with Gasteiger partial charge in [-0.1, -0.05) is 12.1 Å². The first-order chi connectivity index (χ1) is 13.8. The molecule has 2 aliphatic rings. The van der Waals surface area contributed by atoms with Crippen LogP contribution in [-0.2, 0) is 16.0 Å². The van der Waals surface area contributed by atoms with Crippen molar-refractivity contribution in [2.24, 2.45) is 5.92 Å². The van der Waals surface area contributed by atoms with Crippen molar-refractivity contribution in [2.75, 3.05) is 66.3 Å². The number of methoxy groups -OCH3 is 1. The molecule has 0 aromatic heterocycles. The average Bonchev–Trinajstić information content (AvgIpc) is 2.74. The lowest BCUT2D eigenvalue weighted by molar-refractivity contribution is 0.00436. The fourth-order valence-corrected chi connectivity index (χ4v) is 3.70. The fraction of sp³-hybridized carbons (Fsp3) is 0.714. The maximum absolute atomic E-state index is 10.4. The van der Waals surface area contributed by atoms with Crippen molar-refractivity contribution in [3.05, 3.63) is 23.8 Å². The van der Waals surface area contributed by atoms with E-state index >= 15 is 0 Å². The molecular weight excluding hydrogens is 360 g/mol. The second-order valence-corrected chi connectivity index (χ2v) is 7.51. The van der Waals surface area contributed by atoms with Gasteiger partial charge >= 0.3 is 0 Å². The molecule has 1 aromatic rings. The number of hydrogen-bond acceptors (Lipinski definition) is 7. The molecule has 2 N–H and O–H groups in total. The van der Waals surface area contributed by atoms with Crippen LogP contribution in [0, 0.1) is 5.92 Å². The molecule has 28 heavy (non-hydrogen) atoms. The second kappa shape index (κ2) is 11.6. The topological polar surface area (TPSA) is 72.4 Å². The molecular formula is C21H34N2O5. The average molecular weight is 395 g/mol. The number of nitrogens with zero attached hydrogens (tertiary/aromatic N) is 1. The Bertz CT molecular complexity index is 574. The van der Waals surface area contributed by atoms with Crippen molar-refractivity contribution < 1.29 is 24.1 Å². The largest absolute Gasteiger partial charge is 0.493 e. The predicted molar refractivity (Wildman–Crippen MR) is 107 cm³/mol. The Morgan fingerprint density at radius 3 is 2.68 bits per heavy atom. The summed E-state index contributed by atoms with van der Waals surface area (Å²) < 4.78 is 22.3. The highest BCUT2D eigenvalue weighted by molar-refractivity contribution is 5.46. The number of nitrogens with one attached hydrogen (secondary N) is 1. The van der Waals surface area contributed by atoms with Gasteiger partial charge in [0.05, 0.1) is 20.3 Å². The monoisotopic (exact) mass is 394 g/mol. The molecule has 0 amide bonds. The zero-order valence-electron chi connectivity index (χ0n) is 16.9. The normalized spacial score (nSPS) is 20.1. The Labute approximate surface area is 167 Å². The van der Waals surface area contributed by atoms with E-state index < -0.39 is 6.10 Å². The number of β-amino-alcohol motifs (C(OH)–C–C–N with tert-alkyl or cyclic N) is 1. The fourth-order valence-electron chi connectivity index (χ4n) is 3.70. The van der Waals surface area contributed by atoms with Crippen LogP contribution in [0.1, 0.15) is 18.4 Å². The van der Waals surface area contributed by atoms with E-state index in [9.17, 15) is 5.11 Å². The molecule has 2 aliphatic heterocycles. The van der Waals surface area contributed by atoms with E-state index in [4.69, 9.17) is 18.9 Å². The maximum atomic E-state index is 10.4. The van der Waals surface area contributed by atoms with Gasteiger partial charge in [0.15, 0.2) is 11.5 Å². The molecule has 7 nitrogen and oxygen atoms in total. The van der Waals surface area contributed by atoms with E-state index in [-0.39, 0.29) is 6.61 Å². The van der Waals surface area contributed by atoms with Crippen LogP contribution in [0.15, 0.2) is 18.2 Å². The van der Waals surface area contributed by atoms with Gasteiger partial charge in [-0.25, -0.2) is 0 Å². The molecule has 7 heteroatoms. The quantitative estimate of drug-likeness (QED) is 0.619. The lowest BCUT2D eigenvalue weighted by Gasteiger charge is -2.28. The number of aliphatic hydroxyl groups excluding tert-OH is 1. The zero-order chi connectivity index (χ0) is 19.6. The van der Waals surface area contributed by atoms with Gasteiger partial charge in [-0.05, 0) is 31.4 Å². The molecule has 1 atom stereocenters. The molecule has 3 rings (SSSR count). The smallest absolute Gasteiger partial charge is 0.165 e. The van der Waals surface area contributed by atoms with E-state index in [0.717, 1.165) is 64.5 Å². The number of ether oxygens (including phenoxy) is 4. The third kappa shape index (κ3) is 6.60. The van der Waals surface area contributed by atoms with Gasteiger partial charge < -0.3 is 29.4 Å². The summed E-state index contributed by atoms with van der Waals surface area (Å²) in [6.45, 7) is 7.40. The highest BCUT2D eigenvalue weighted by Crippen LogP contribution is 2.31. The van der Waals surface area contributed by atoms with Gasteiger partial charge in [0.25, 0.3) is 0 Å². The first-order valence-electron chi connectivity index (χ1n) is 10.3. The predicted octanol–water partition coefficient (Wildman–Crippen LogP) is 1.28. The number of para-hydroxylation sites is 1. The van der Waals surface area contributed by atoms with E-state index in [1.54, 1.807) is 7.11 Å². The molecule has 1 unspecified atom stereocenters. The molecule has 2 heterocycles. The van der Waals surface area contributed by atoms with Gasteiger partial charge in [0, 0.05) is 45.0 Å². The minimum absolute atomic E-state index is 0.241. The Morgan fingerprint density at radius 2 is 1.93 bits per heavy atom. The number of benzene rings is 1. The van der Waals surface area contributed by atoms with Crippen molar-refractivity contribution in [2.45, 2.75) is 25.5 Å². The molecule has 0 radical (unpaired) electrons. The van der Waals surface area contributed by atoms with Gasteiger partial charge in [-0.2, -0.15) is 0 Å². The third-order valence-electron chi connectivity index (χ3n) is 5.36. The second-order valence-electron chi connectivity index (χ2n) is 7.51. The van der Waals surface area contributed by atoms with Crippen LogP contribution in [0.5, 0.6) is 11.5 Å². The molecule has 0 spiro atoms. The van der Waals surface area contributed by atoms with Crippen molar-refractivity contribution >= 4 is 0 Å². The molecule has 2 saturated heterocycles. The van der Waals surface area contributed by atoms with Crippen molar-refractivity contribution in [1.29, 1.82) is 0 Å². The Hall–Kier alpha value is -1.38. The Kier molecular flexibility index (Phi) is 8.82. The maximum Gasteiger partial charge on any atom is 0.165 e. The minimum atomic E-state index is -0.550. The number of morpholine rings is 1. The Balaban J connectivity index is 1.51. The number of rotatable bonds is 10. The molecule has 158 valence electrons. The van der Waals surface area contributed by atoms with Crippen molar-refractivity contribution in [1.82, 2.24) is 10.2 Å². The molecule has 1 aromatic carbocycles. The van der Waals surface area contributed by atoms with Gasteiger partial charge in [0.2, 0.25) is 0 Å². The van der Waals surface area contributed by atoms with Crippen LogP contribution in [0.3, 0.4) is 0 Å². The molecule has 0 saturated carbocycles. The summed E-state index contributed by atoms with van der Waals surface area (Å²) in [5.41, 5.74) is 1.05. The number of aliphatic hydroxyl groups is 1. The standard InChI is InChI=1S/C21H34N2O5/c1-25-20-4-2-3-18(14-22-13-17-5-9-26-10-6-17)21(20)28-16-19(24)15-23-7-11-27-12-8-23/h2-4,17,19,22,24H,5-16H2,1H3. The first-order valence-corrected chi connectivity index (χ1v) is 10.3. The van der Waals surface area contributed by atoms with Crippen molar-refractivity contribution in [3.8, 4) is 11.5 Å². The zero-order valence-corrected chi connectivity index (χ0v) is 16.9. The van der Waals surface area contributed by atoms with Crippen LogP contribution in [0.25, 0.3) is 0 Å². The SMILES string of the molecule is COc1cccc(CNCC2CCOCC2)c1OCC(O)CN1CCOCC1. The highest BCUT2D eigenvalue weighted by atomic mass is 16.5. The summed E-state index contributed by atoms with van der Waals surface area (Å²) in [6.07, 6.45) is 1.68. The van der Waals surface area contributed by atoms with Gasteiger partial charge in [-0.3, -0.25) is 4.90 Å². The molecule has 0 aliphatic carbocycles. The van der Waals surface area contributed by atoms with Crippen LogP contribution in [0.2, 0.25) is 0 Å². The van der Waals surface area contributed by atoms with Gasteiger partial charge in [-0.15, -0.1) is 0 Å². The van der Waals surface area contributed by atoms with Crippen LogP contribution >= 0.6 is 0 Å². The summed E-state index contributed by atoms with van der Waals surface area (Å²) in [5, 5.41) is 13.9. The van der Waals surface area contributed by atoms with Crippen molar-refractivity contribution in [3.63, 3.8) is 0 Å². The summed E-state index contributed by atoms with van der Waals surface area (Å²) in [6, 6.07) is 5.91. The van der Waals surface area contributed by atoms with E-state index in [2.05, 4.69) is 10.2 Å². The van der Waals surface area contributed by atoms with E-state index in [1.165, 1.54) is 0 Å². The Morgan fingerprint density at radius 1 is 1.18 bits per heavy atom. The lowest BCUT2D eigenvalue weighted by atomic mass is 10.0.